The SMILES string of the molecule is CCN(CC)C(=O)CCCn1cc(CCN)nn1. The molecule has 1 aromatic rings. The van der Waals surface area contributed by atoms with Gasteiger partial charge in [0.2, 0.25) is 5.91 Å². The molecule has 1 aromatic heterocycles. The van der Waals surface area contributed by atoms with Crippen LogP contribution in [-0.4, -0.2) is 45.4 Å². The first kappa shape index (κ1) is 14.6. The maximum atomic E-state index is 11.8. The smallest absolute Gasteiger partial charge is 0.222 e. The molecular formula is C12H23N5O. The third-order valence-electron chi connectivity index (χ3n) is 2.88. The Kier molecular flexibility index (Phi) is 6.35. The minimum atomic E-state index is 0.210. The molecular weight excluding hydrogens is 230 g/mol. The van der Waals surface area contributed by atoms with Crippen molar-refractivity contribution in [2.24, 2.45) is 5.73 Å². The van der Waals surface area contributed by atoms with E-state index < -0.39 is 0 Å². The standard InChI is InChI=1S/C12H23N5O/c1-3-16(4-2)12(18)6-5-9-17-10-11(7-8-13)14-15-17/h10H,3-9,13H2,1-2H3. The molecule has 0 fully saturated rings. The molecule has 0 atom stereocenters. The number of amides is 1. The highest BCUT2D eigenvalue weighted by molar-refractivity contribution is 5.75. The zero-order chi connectivity index (χ0) is 13.4. The van der Waals surface area contributed by atoms with E-state index in [1.165, 1.54) is 0 Å². The highest BCUT2D eigenvalue weighted by Gasteiger charge is 2.09. The second kappa shape index (κ2) is 7.81. The highest BCUT2D eigenvalue weighted by Crippen LogP contribution is 2.01. The van der Waals surface area contributed by atoms with Gasteiger partial charge in [0.05, 0.1) is 5.69 Å². The van der Waals surface area contributed by atoms with Crippen LogP contribution in [0, 0.1) is 0 Å². The number of aromatic nitrogens is 3. The fourth-order valence-electron chi connectivity index (χ4n) is 1.84. The van der Waals surface area contributed by atoms with E-state index in [4.69, 9.17) is 5.73 Å². The minimum absolute atomic E-state index is 0.210. The number of carbonyl (C=O) groups is 1. The molecule has 18 heavy (non-hydrogen) atoms. The summed E-state index contributed by atoms with van der Waals surface area (Å²) in [4.78, 5) is 13.6. The molecule has 0 aliphatic rings. The fraction of sp³-hybridized carbons (Fsp3) is 0.750. The fourth-order valence-corrected chi connectivity index (χ4v) is 1.84. The van der Waals surface area contributed by atoms with Gasteiger partial charge in [-0.2, -0.15) is 0 Å². The van der Waals surface area contributed by atoms with Crippen molar-refractivity contribution in [3.63, 3.8) is 0 Å². The van der Waals surface area contributed by atoms with Crippen LogP contribution < -0.4 is 5.73 Å². The minimum Gasteiger partial charge on any atom is -0.343 e. The molecule has 0 saturated carbocycles. The summed E-state index contributed by atoms with van der Waals surface area (Å²) in [6.07, 6.45) is 4.00. The molecule has 0 bridgehead atoms. The molecule has 0 unspecified atom stereocenters. The average Bonchev–Trinajstić information content (AvgIpc) is 2.79. The molecule has 0 saturated heterocycles. The van der Waals surface area contributed by atoms with Crippen LogP contribution in [0.3, 0.4) is 0 Å². The van der Waals surface area contributed by atoms with E-state index in [1.54, 1.807) is 4.68 Å². The first-order valence-corrected chi connectivity index (χ1v) is 6.58. The van der Waals surface area contributed by atoms with Crippen molar-refractivity contribution >= 4 is 5.91 Å². The van der Waals surface area contributed by atoms with Crippen LogP contribution in [0.5, 0.6) is 0 Å². The van der Waals surface area contributed by atoms with E-state index >= 15 is 0 Å². The normalized spacial score (nSPS) is 10.6. The third-order valence-corrected chi connectivity index (χ3v) is 2.88. The predicted octanol–water partition coefficient (Wildman–Crippen LogP) is 0.428. The number of rotatable bonds is 8. The summed E-state index contributed by atoms with van der Waals surface area (Å²) in [5, 5.41) is 8.01. The summed E-state index contributed by atoms with van der Waals surface area (Å²) in [6.45, 7) is 6.86. The average molecular weight is 253 g/mol. The molecule has 1 amide bonds. The van der Waals surface area contributed by atoms with Crippen LogP contribution in [-0.2, 0) is 17.8 Å². The zero-order valence-electron chi connectivity index (χ0n) is 11.3. The molecule has 2 N–H and O–H groups in total. The topological polar surface area (TPSA) is 77.0 Å². The van der Waals surface area contributed by atoms with Gasteiger partial charge in [-0.05, 0) is 26.8 Å². The second-order valence-corrected chi connectivity index (χ2v) is 4.18. The van der Waals surface area contributed by atoms with Gasteiger partial charge in [0.15, 0.2) is 0 Å². The van der Waals surface area contributed by atoms with Crippen molar-refractivity contribution in [3.8, 4) is 0 Å². The maximum Gasteiger partial charge on any atom is 0.222 e. The van der Waals surface area contributed by atoms with Gasteiger partial charge in [-0.3, -0.25) is 9.48 Å². The van der Waals surface area contributed by atoms with Crippen LogP contribution in [0.4, 0.5) is 0 Å². The number of nitrogens with two attached hydrogens (primary N) is 1. The van der Waals surface area contributed by atoms with Crippen molar-refractivity contribution in [3.05, 3.63) is 11.9 Å². The van der Waals surface area contributed by atoms with Crippen LogP contribution >= 0.6 is 0 Å². The summed E-state index contributed by atoms with van der Waals surface area (Å²) in [5.74, 6) is 0.210. The Bertz CT molecular complexity index is 359. The second-order valence-electron chi connectivity index (χ2n) is 4.18. The summed E-state index contributed by atoms with van der Waals surface area (Å²) in [6, 6.07) is 0. The van der Waals surface area contributed by atoms with Crippen LogP contribution in [0.1, 0.15) is 32.4 Å². The lowest BCUT2D eigenvalue weighted by atomic mass is 10.2. The number of hydrogen-bond donors (Lipinski definition) is 1. The van der Waals surface area contributed by atoms with E-state index in [-0.39, 0.29) is 5.91 Å². The Morgan fingerprint density at radius 2 is 2.17 bits per heavy atom. The van der Waals surface area contributed by atoms with Gasteiger partial charge in [0.1, 0.15) is 0 Å². The number of aryl methyl sites for hydroxylation is 1. The lowest BCUT2D eigenvalue weighted by Gasteiger charge is -2.18. The summed E-state index contributed by atoms with van der Waals surface area (Å²) in [5.41, 5.74) is 6.36. The Labute approximate surface area is 108 Å². The van der Waals surface area contributed by atoms with Crippen LogP contribution in [0.25, 0.3) is 0 Å². The number of carbonyl (C=O) groups excluding carboxylic acids is 1. The molecule has 6 nitrogen and oxygen atoms in total. The molecule has 0 radical (unpaired) electrons. The van der Waals surface area contributed by atoms with E-state index in [1.807, 2.05) is 24.9 Å². The summed E-state index contributed by atoms with van der Waals surface area (Å²) < 4.78 is 1.78. The van der Waals surface area contributed by atoms with E-state index in [0.29, 0.717) is 13.0 Å². The van der Waals surface area contributed by atoms with Gasteiger partial charge in [-0.15, -0.1) is 5.10 Å². The molecule has 102 valence electrons. The molecule has 0 aromatic carbocycles. The molecule has 1 heterocycles. The van der Waals surface area contributed by atoms with Gasteiger partial charge >= 0.3 is 0 Å². The maximum absolute atomic E-state index is 11.8. The van der Waals surface area contributed by atoms with Crippen molar-refractivity contribution in [2.45, 2.75) is 39.7 Å². The summed E-state index contributed by atoms with van der Waals surface area (Å²) >= 11 is 0. The van der Waals surface area contributed by atoms with Crippen molar-refractivity contribution < 1.29 is 4.79 Å². The zero-order valence-corrected chi connectivity index (χ0v) is 11.3. The lowest BCUT2D eigenvalue weighted by Crippen LogP contribution is -2.30. The van der Waals surface area contributed by atoms with Crippen LogP contribution in [0.15, 0.2) is 6.20 Å². The van der Waals surface area contributed by atoms with E-state index in [0.717, 1.165) is 38.2 Å². The lowest BCUT2D eigenvalue weighted by molar-refractivity contribution is -0.130. The largest absolute Gasteiger partial charge is 0.343 e. The third kappa shape index (κ3) is 4.44. The van der Waals surface area contributed by atoms with Gasteiger partial charge in [0, 0.05) is 38.7 Å². The molecule has 0 aliphatic carbocycles. The molecule has 0 spiro atoms. The monoisotopic (exact) mass is 253 g/mol. The Balaban J connectivity index is 2.30. The van der Waals surface area contributed by atoms with Gasteiger partial charge < -0.3 is 10.6 Å². The van der Waals surface area contributed by atoms with Crippen molar-refractivity contribution in [1.82, 2.24) is 19.9 Å². The summed E-state index contributed by atoms with van der Waals surface area (Å²) in [7, 11) is 0. The number of hydrogen-bond acceptors (Lipinski definition) is 4. The highest BCUT2D eigenvalue weighted by atomic mass is 16.2. The van der Waals surface area contributed by atoms with Gasteiger partial charge in [0.25, 0.3) is 0 Å². The van der Waals surface area contributed by atoms with Gasteiger partial charge in [-0.1, -0.05) is 5.21 Å². The quantitative estimate of drug-likeness (QED) is 0.728. The van der Waals surface area contributed by atoms with Gasteiger partial charge in [-0.25, -0.2) is 0 Å². The predicted molar refractivity (Wildman–Crippen MR) is 69.9 cm³/mol. The molecule has 6 heteroatoms. The Hall–Kier alpha value is -1.43. The van der Waals surface area contributed by atoms with E-state index in [9.17, 15) is 4.79 Å². The van der Waals surface area contributed by atoms with E-state index in [2.05, 4.69) is 10.3 Å². The Morgan fingerprint density at radius 1 is 1.44 bits per heavy atom. The molecule has 1 rings (SSSR count). The first-order chi connectivity index (χ1) is 8.71. The number of nitrogens with zero attached hydrogens (tertiary/aromatic N) is 4. The first-order valence-electron chi connectivity index (χ1n) is 6.58. The van der Waals surface area contributed by atoms with Crippen molar-refractivity contribution in [2.75, 3.05) is 19.6 Å². The van der Waals surface area contributed by atoms with Crippen LogP contribution in [0.2, 0.25) is 0 Å². The molecule has 0 aliphatic heterocycles. The Morgan fingerprint density at radius 3 is 2.78 bits per heavy atom. The van der Waals surface area contributed by atoms with Crippen molar-refractivity contribution in [1.29, 1.82) is 0 Å².